The molecule has 0 fully saturated rings. The second kappa shape index (κ2) is 6.89. The maximum atomic E-state index is 12.2. The summed E-state index contributed by atoms with van der Waals surface area (Å²) >= 11 is 3.12. The minimum atomic E-state index is 0.0982. The Morgan fingerprint density at radius 3 is 2.91 bits per heavy atom. The van der Waals surface area contributed by atoms with Crippen molar-refractivity contribution in [2.75, 3.05) is 12.8 Å². The van der Waals surface area contributed by atoms with E-state index in [0.29, 0.717) is 12.3 Å². The highest BCUT2D eigenvalue weighted by Crippen LogP contribution is 2.24. The molecule has 0 saturated heterocycles. The van der Waals surface area contributed by atoms with Crippen molar-refractivity contribution in [3.8, 4) is 0 Å². The van der Waals surface area contributed by atoms with Crippen LogP contribution < -0.4 is 0 Å². The smallest absolute Gasteiger partial charge is 0.233 e. The molecule has 0 N–H and O–H groups in total. The summed E-state index contributed by atoms with van der Waals surface area (Å²) in [7, 11) is 1.83. The van der Waals surface area contributed by atoms with Crippen LogP contribution in [-0.4, -0.2) is 33.6 Å². The molecular formula is C16H15N3OS2. The number of hydrogen-bond donors (Lipinski definition) is 0. The van der Waals surface area contributed by atoms with E-state index in [4.69, 9.17) is 0 Å². The Morgan fingerprint density at radius 2 is 2.09 bits per heavy atom. The number of fused-ring (bicyclic) bond motifs is 1. The van der Waals surface area contributed by atoms with Gasteiger partial charge >= 0.3 is 0 Å². The van der Waals surface area contributed by atoms with Gasteiger partial charge < -0.3 is 4.90 Å². The molecule has 1 amide bonds. The first-order chi connectivity index (χ1) is 10.7. The highest BCUT2D eigenvalue weighted by molar-refractivity contribution is 8.00. The van der Waals surface area contributed by atoms with Crippen LogP contribution in [-0.2, 0) is 11.3 Å². The summed E-state index contributed by atoms with van der Waals surface area (Å²) in [5.74, 6) is 0.476. The molecule has 1 aromatic carbocycles. The Hall–Kier alpha value is -1.92. The van der Waals surface area contributed by atoms with Gasteiger partial charge in [-0.3, -0.25) is 4.79 Å². The number of thiophene rings is 1. The van der Waals surface area contributed by atoms with E-state index in [2.05, 4.69) is 9.97 Å². The predicted molar refractivity (Wildman–Crippen MR) is 91.1 cm³/mol. The van der Waals surface area contributed by atoms with Gasteiger partial charge in [0.1, 0.15) is 11.4 Å². The largest absolute Gasteiger partial charge is 0.340 e. The normalized spacial score (nSPS) is 10.8. The minimum absolute atomic E-state index is 0.0982. The van der Waals surface area contributed by atoms with Crippen molar-refractivity contribution < 1.29 is 4.79 Å². The molecule has 0 atom stereocenters. The lowest BCUT2D eigenvalue weighted by molar-refractivity contribution is -0.127. The molecule has 0 spiro atoms. The van der Waals surface area contributed by atoms with Gasteiger partial charge in [-0.25, -0.2) is 9.97 Å². The maximum absolute atomic E-state index is 12.2. The quantitative estimate of drug-likeness (QED) is 0.531. The highest BCUT2D eigenvalue weighted by atomic mass is 32.2. The second-order valence-electron chi connectivity index (χ2n) is 4.81. The van der Waals surface area contributed by atoms with E-state index >= 15 is 0 Å². The standard InChI is InChI=1S/C16H15N3OS2/c1-19(9-12-5-4-8-21-12)15(20)10-22-16-13-6-2-3-7-14(13)17-11-18-16/h2-8,11H,9-10H2,1H3. The molecule has 6 heteroatoms. The molecule has 0 unspecified atom stereocenters. The number of hydrogen-bond acceptors (Lipinski definition) is 5. The van der Waals surface area contributed by atoms with Crippen molar-refractivity contribution in [3.05, 3.63) is 53.0 Å². The third kappa shape index (κ3) is 3.45. The molecule has 0 bridgehead atoms. The third-order valence-electron chi connectivity index (χ3n) is 3.24. The lowest BCUT2D eigenvalue weighted by Gasteiger charge is -2.16. The molecule has 0 aliphatic rings. The monoisotopic (exact) mass is 329 g/mol. The van der Waals surface area contributed by atoms with Crippen LogP contribution in [0.25, 0.3) is 10.9 Å². The zero-order valence-electron chi connectivity index (χ0n) is 12.1. The fourth-order valence-electron chi connectivity index (χ4n) is 2.06. The van der Waals surface area contributed by atoms with Crippen LogP contribution in [0.2, 0.25) is 0 Å². The number of benzene rings is 1. The van der Waals surface area contributed by atoms with Crippen LogP contribution in [0.5, 0.6) is 0 Å². The van der Waals surface area contributed by atoms with E-state index in [1.807, 2.05) is 48.8 Å². The molecule has 0 aliphatic heterocycles. The minimum Gasteiger partial charge on any atom is -0.340 e. The number of amides is 1. The molecule has 4 nitrogen and oxygen atoms in total. The van der Waals surface area contributed by atoms with Crippen LogP contribution in [0.15, 0.2) is 53.1 Å². The van der Waals surface area contributed by atoms with E-state index < -0.39 is 0 Å². The van der Waals surface area contributed by atoms with Gasteiger partial charge in [0.05, 0.1) is 17.8 Å². The summed E-state index contributed by atoms with van der Waals surface area (Å²) in [5, 5.41) is 3.86. The van der Waals surface area contributed by atoms with Crippen molar-refractivity contribution in [2.24, 2.45) is 0 Å². The first kappa shape index (κ1) is 15.0. The highest BCUT2D eigenvalue weighted by Gasteiger charge is 2.12. The number of thioether (sulfide) groups is 1. The first-order valence-electron chi connectivity index (χ1n) is 6.83. The van der Waals surface area contributed by atoms with Gasteiger partial charge in [0, 0.05) is 17.3 Å². The predicted octanol–water partition coefficient (Wildman–Crippen LogP) is 3.44. The average Bonchev–Trinajstić information content (AvgIpc) is 3.05. The molecule has 2 heterocycles. The number of rotatable bonds is 5. The van der Waals surface area contributed by atoms with Crippen LogP contribution >= 0.6 is 23.1 Å². The Bertz CT molecular complexity index is 769. The number of aromatic nitrogens is 2. The SMILES string of the molecule is CN(Cc1cccs1)C(=O)CSc1ncnc2ccccc12. The van der Waals surface area contributed by atoms with Gasteiger partial charge in [0.15, 0.2) is 0 Å². The Labute approximate surface area is 137 Å². The number of para-hydroxylation sites is 1. The van der Waals surface area contributed by atoms with Crippen LogP contribution in [0, 0.1) is 0 Å². The number of carbonyl (C=O) groups excluding carboxylic acids is 1. The second-order valence-corrected chi connectivity index (χ2v) is 6.81. The van der Waals surface area contributed by atoms with E-state index in [9.17, 15) is 4.79 Å². The van der Waals surface area contributed by atoms with E-state index in [-0.39, 0.29) is 5.91 Å². The zero-order valence-corrected chi connectivity index (χ0v) is 13.7. The maximum Gasteiger partial charge on any atom is 0.233 e. The van der Waals surface area contributed by atoms with E-state index in [0.717, 1.165) is 15.9 Å². The molecular weight excluding hydrogens is 314 g/mol. The average molecular weight is 329 g/mol. The van der Waals surface area contributed by atoms with E-state index in [1.165, 1.54) is 16.6 Å². The molecule has 0 radical (unpaired) electrons. The van der Waals surface area contributed by atoms with Gasteiger partial charge in [0.25, 0.3) is 0 Å². The Balaban J connectivity index is 1.65. The molecule has 0 saturated carbocycles. The molecule has 22 heavy (non-hydrogen) atoms. The molecule has 112 valence electrons. The van der Waals surface area contributed by atoms with Crippen molar-refractivity contribution in [1.29, 1.82) is 0 Å². The fourth-order valence-corrected chi connectivity index (χ4v) is 3.75. The van der Waals surface area contributed by atoms with Crippen LogP contribution in [0.4, 0.5) is 0 Å². The summed E-state index contributed by atoms with van der Waals surface area (Å²) < 4.78 is 0. The lowest BCUT2D eigenvalue weighted by atomic mass is 10.2. The number of nitrogens with zero attached hydrogens (tertiary/aromatic N) is 3. The van der Waals surface area contributed by atoms with Crippen molar-refractivity contribution in [2.45, 2.75) is 11.6 Å². The van der Waals surface area contributed by atoms with Crippen LogP contribution in [0.1, 0.15) is 4.88 Å². The summed E-state index contributed by atoms with van der Waals surface area (Å²) in [4.78, 5) is 23.7. The Kier molecular flexibility index (Phi) is 4.70. The first-order valence-corrected chi connectivity index (χ1v) is 8.69. The van der Waals surface area contributed by atoms with E-state index in [1.54, 1.807) is 22.6 Å². The lowest BCUT2D eigenvalue weighted by Crippen LogP contribution is -2.27. The third-order valence-corrected chi connectivity index (χ3v) is 5.09. The van der Waals surface area contributed by atoms with Crippen molar-refractivity contribution in [1.82, 2.24) is 14.9 Å². The zero-order chi connectivity index (χ0) is 15.4. The molecule has 0 aliphatic carbocycles. The molecule has 3 rings (SSSR count). The summed E-state index contributed by atoms with van der Waals surface area (Å²) in [6.07, 6.45) is 1.55. The van der Waals surface area contributed by atoms with Crippen molar-refractivity contribution in [3.63, 3.8) is 0 Å². The van der Waals surface area contributed by atoms with Gasteiger partial charge in [-0.05, 0) is 17.5 Å². The van der Waals surface area contributed by atoms with Gasteiger partial charge in [-0.15, -0.1) is 11.3 Å². The molecule has 3 aromatic rings. The van der Waals surface area contributed by atoms with Gasteiger partial charge in [-0.1, -0.05) is 36.0 Å². The summed E-state index contributed by atoms with van der Waals surface area (Å²) in [5.41, 5.74) is 0.902. The summed E-state index contributed by atoms with van der Waals surface area (Å²) in [6.45, 7) is 0.654. The van der Waals surface area contributed by atoms with Gasteiger partial charge in [0.2, 0.25) is 5.91 Å². The topological polar surface area (TPSA) is 46.1 Å². The fraction of sp³-hybridized carbons (Fsp3) is 0.188. The van der Waals surface area contributed by atoms with Gasteiger partial charge in [-0.2, -0.15) is 0 Å². The molecule has 2 aromatic heterocycles. The number of carbonyl (C=O) groups is 1. The summed E-state index contributed by atoms with van der Waals surface area (Å²) in [6, 6.07) is 11.9. The van der Waals surface area contributed by atoms with Crippen LogP contribution in [0.3, 0.4) is 0 Å². The Morgan fingerprint density at radius 1 is 1.23 bits per heavy atom. The van der Waals surface area contributed by atoms with Crippen molar-refractivity contribution >= 4 is 39.9 Å².